The van der Waals surface area contributed by atoms with Crippen LogP contribution in [0.25, 0.3) is 0 Å². The molecule has 0 saturated heterocycles. The van der Waals surface area contributed by atoms with Gasteiger partial charge in [0.15, 0.2) is 23.0 Å². The molecule has 3 rings (SSSR count). The molecule has 0 spiro atoms. The van der Waals surface area contributed by atoms with Gasteiger partial charge in [0.2, 0.25) is 6.79 Å². The van der Waals surface area contributed by atoms with Gasteiger partial charge in [-0.2, -0.15) is 5.10 Å². The van der Waals surface area contributed by atoms with Gasteiger partial charge < -0.3 is 24.3 Å². The molecule has 1 heterocycles. The van der Waals surface area contributed by atoms with Crippen molar-refractivity contribution < 1.29 is 28.5 Å². The van der Waals surface area contributed by atoms with E-state index < -0.39 is 17.9 Å². The van der Waals surface area contributed by atoms with Crippen LogP contribution in [0, 0.1) is 5.92 Å². The van der Waals surface area contributed by atoms with Crippen molar-refractivity contribution in [1.82, 2.24) is 10.7 Å². The van der Waals surface area contributed by atoms with Crippen molar-refractivity contribution in [2.75, 3.05) is 21.0 Å². The van der Waals surface area contributed by atoms with Crippen LogP contribution in [0.2, 0.25) is 0 Å². The zero-order chi connectivity index (χ0) is 22.4. The van der Waals surface area contributed by atoms with Crippen molar-refractivity contribution >= 4 is 18.0 Å². The van der Waals surface area contributed by atoms with Crippen molar-refractivity contribution in [2.45, 2.75) is 19.9 Å². The number of nitrogens with zero attached hydrogens (tertiary/aromatic N) is 1. The van der Waals surface area contributed by atoms with Crippen LogP contribution in [0.5, 0.6) is 23.0 Å². The molecule has 1 aliphatic heterocycles. The number of fused-ring (bicyclic) bond motifs is 1. The van der Waals surface area contributed by atoms with Gasteiger partial charge in [0.25, 0.3) is 11.8 Å². The molecule has 1 aliphatic rings. The first-order chi connectivity index (χ1) is 14.9. The summed E-state index contributed by atoms with van der Waals surface area (Å²) in [6.45, 7) is 3.79. The number of rotatable bonds is 8. The molecule has 2 N–H and O–H groups in total. The summed E-state index contributed by atoms with van der Waals surface area (Å²) in [4.78, 5) is 25.3. The molecule has 1 unspecified atom stereocenters. The molecule has 9 nitrogen and oxygen atoms in total. The Labute approximate surface area is 180 Å². The topological polar surface area (TPSA) is 107 Å². The molecule has 0 radical (unpaired) electrons. The van der Waals surface area contributed by atoms with Gasteiger partial charge in [-0.25, -0.2) is 5.43 Å². The predicted octanol–water partition coefficient (Wildman–Crippen LogP) is 2.34. The molecular weight excluding hydrogens is 402 g/mol. The first kappa shape index (κ1) is 21.9. The highest BCUT2D eigenvalue weighted by molar-refractivity contribution is 5.98. The van der Waals surface area contributed by atoms with Gasteiger partial charge >= 0.3 is 0 Å². The van der Waals surface area contributed by atoms with E-state index in [1.54, 1.807) is 43.5 Å². The number of ether oxygens (including phenoxy) is 4. The first-order valence-electron chi connectivity index (χ1n) is 9.68. The third kappa shape index (κ3) is 5.25. The molecule has 2 amide bonds. The van der Waals surface area contributed by atoms with Gasteiger partial charge in [0.05, 0.1) is 20.4 Å². The number of hydrogen-bond donors (Lipinski definition) is 2. The lowest BCUT2D eigenvalue weighted by Gasteiger charge is -2.20. The van der Waals surface area contributed by atoms with Crippen LogP contribution >= 0.6 is 0 Å². The molecule has 0 aromatic heterocycles. The van der Waals surface area contributed by atoms with E-state index >= 15 is 0 Å². The van der Waals surface area contributed by atoms with E-state index in [0.717, 1.165) is 0 Å². The highest BCUT2D eigenvalue weighted by Gasteiger charge is 2.25. The second kappa shape index (κ2) is 9.84. The number of benzene rings is 2. The lowest BCUT2D eigenvalue weighted by atomic mass is 10.0. The fourth-order valence-electron chi connectivity index (χ4n) is 2.97. The number of hydrazone groups is 1. The fraction of sp³-hybridized carbons (Fsp3) is 0.318. The molecule has 31 heavy (non-hydrogen) atoms. The molecule has 0 aliphatic carbocycles. The number of carbonyl (C=O) groups is 2. The number of methoxy groups -OCH3 is 2. The minimum atomic E-state index is -0.777. The minimum absolute atomic E-state index is 0.121. The Hall–Kier alpha value is -3.75. The summed E-state index contributed by atoms with van der Waals surface area (Å²) in [5, 5.41) is 6.74. The summed E-state index contributed by atoms with van der Waals surface area (Å²) in [6.07, 6.45) is 1.48. The molecule has 0 fully saturated rings. The van der Waals surface area contributed by atoms with Gasteiger partial charge in [-0.1, -0.05) is 13.8 Å². The molecule has 1 atom stereocenters. The number of amides is 2. The average molecular weight is 427 g/mol. The predicted molar refractivity (Wildman–Crippen MR) is 114 cm³/mol. The highest BCUT2D eigenvalue weighted by atomic mass is 16.7. The van der Waals surface area contributed by atoms with Crippen molar-refractivity contribution in [3.05, 3.63) is 47.5 Å². The van der Waals surface area contributed by atoms with Crippen LogP contribution in [-0.2, 0) is 4.79 Å². The van der Waals surface area contributed by atoms with E-state index in [2.05, 4.69) is 15.8 Å². The maximum Gasteiger partial charge on any atom is 0.262 e. The standard InChI is InChI=1S/C22H25N3O6/c1-13(2)20(24-21(26)15-6-8-17-19(10-15)31-12-30-17)22(27)25-23-11-14-5-7-16(28-3)18(9-14)29-4/h5-11,13,20H,12H2,1-4H3,(H,24,26)(H,25,27)/b23-11-. The number of hydrogen-bond acceptors (Lipinski definition) is 7. The fourth-order valence-corrected chi connectivity index (χ4v) is 2.97. The maximum absolute atomic E-state index is 12.6. The summed E-state index contributed by atoms with van der Waals surface area (Å²) in [5.41, 5.74) is 3.56. The van der Waals surface area contributed by atoms with Crippen LogP contribution < -0.4 is 29.7 Å². The number of nitrogens with one attached hydrogen (secondary N) is 2. The van der Waals surface area contributed by atoms with E-state index in [1.165, 1.54) is 13.3 Å². The number of carbonyl (C=O) groups excluding carboxylic acids is 2. The lowest BCUT2D eigenvalue weighted by Crippen LogP contribution is -2.48. The van der Waals surface area contributed by atoms with Crippen LogP contribution in [0.3, 0.4) is 0 Å². The Balaban J connectivity index is 1.64. The van der Waals surface area contributed by atoms with Crippen molar-refractivity contribution in [1.29, 1.82) is 0 Å². The summed E-state index contributed by atoms with van der Waals surface area (Å²) >= 11 is 0. The Morgan fingerprint density at radius 2 is 1.77 bits per heavy atom. The molecular formula is C22H25N3O6. The second-order valence-corrected chi connectivity index (χ2v) is 7.11. The van der Waals surface area contributed by atoms with Gasteiger partial charge in [0.1, 0.15) is 6.04 Å². The SMILES string of the molecule is COc1ccc(/C=N\NC(=O)C(NC(=O)c2ccc3c(c2)OCO3)C(C)C)cc1OC. The smallest absolute Gasteiger partial charge is 0.262 e. The third-order valence-electron chi connectivity index (χ3n) is 4.67. The Kier molecular flexibility index (Phi) is 6.96. The summed E-state index contributed by atoms with van der Waals surface area (Å²) < 4.78 is 21.0. The van der Waals surface area contributed by atoms with Crippen LogP contribution in [0.4, 0.5) is 0 Å². The van der Waals surface area contributed by atoms with Crippen molar-refractivity contribution in [3.8, 4) is 23.0 Å². The van der Waals surface area contributed by atoms with Gasteiger partial charge in [-0.05, 0) is 47.9 Å². The molecule has 9 heteroatoms. The quantitative estimate of drug-likeness (QED) is 0.495. The Bertz CT molecular complexity index is 989. The zero-order valence-corrected chi connectivity index (χ0v) is 17.8. The highest BCUT2D eigenvalue weighted by Crippen LogP contribution is 2.32. The van der Waals surface area contributed by atoms with E-state index in [9.17, 15) is 9.59 Å². The van der Waals surface area contributed by atoms with E-state index in [4.69, 9.17) is 18.9 Å². The van der Waals surface area contributed by atoms with Crippen LogP contribution in [0.15, 0.2) is 41.5 Å². The normalized spacial score (nSPS) is 13.2. The van der Waals surface area contributed by atoms with Gasteiger partial charge in [-0.3, -0.25) is 9.59 Å². The maximum atomic E-state index is 12.6. The van der Waals surface area contributed by atoms with Crippen LogP contribution in [-0.4, -0.2) is 45.1 Å². The largest absolute Gasteiger partial charge is 0.493 e. The van der Waals surface area contributed by atoms with E-state index in [0.29, 0.717) is 34.1 Å². The summed E-state index contributed by atoms with van der Waals surface area (Å²) in [6, 6.07) is 9.34. The first-order valence-corrected chi connectivity index (χ1v) is 9.68. The Morgan fingerprint density at radius 3 is 2.48 bits per heavy atom. The van der Waals surface area contributed by atoms with E-state index in [-0.39, 0.29) is 12.7 Å². The Morgan fingerprint density at radius 1 is 1.03 bits per heavy atom. The third-order valence-corrected chi connectivity index (χ3v) is 4.67. The van der Waals surface area contributed by atoms with Gasteiger partial charge in [0, 0.05) is 5.56 Å². The zero-order valence-electron chi connectivity index (χ0n) is 17.8. The molecule has 164 valence electrons. The molecule has 0 bridgehead atoms. The van der Waals surface area contributed by atoms with Crippen LogP contribution in [0.1, 0.15) is 29.8 Å². The average Bonchev–Trinajstić information content (AvgIpc) is 3.24. The molecule has 2 aromatic rings. The summed E-state index contributed by atoms with van der Waals surface area (Å²) in [7, 11) is 3.09. The lowest BCUT2D eigenvalue weighted by molar-refractivity contribution is -0.123. The van der Waals surface area contributed by atoms with Gasteiger partial charge in [-0.15, -0.1) is 0 Å². The summed E-state index contributed by atoms with van der Waals surface area (Å²) in [5.74, 6) is 1.24. The van der Waals surface area contributed by atoms with Crippen molar-refractivity contribution in [2.24, 2.45) is 11.0 Å². The van der Waals surface area contributed by atoms with E-state index in [1.807, 2.05) is 13.8 Å². The second-order valence-electron chi connectivity index (χ2n) is 7.11. The molecule has 2 aromatic carbocycles. The monoisotopic (exact) mass is 427 g/mol. The van der Waals surface area contributed by atoms with Crippen molar-refractivity contribution in [3.63, 3.8) is 0 Å². The minimum Gasteiger partial charge on any atom is -0.493 e. The molecule has 0 saturated carbocycles.